The molecule has 1 rings (SSSR count). The Morgan fingerprint density at radius 1 is 1.78 bits per heavy atom. The molecule has 1 aliphatic rings. The highest BCUT2D eigenvalue weighted by atomic mass is 16.2. The van der Waals surface area contributed by atoms with Crippen LogP contribution in [0.3, 0.4) is 0 Å². The third-order valence-electron chi connectivity index (χ3n) is 0.363. The molecular weight excluding hydrogens is 122 g/mol. The van der Waals surface area contributed by atoms with Gasteiger partial charge in [-0.25, -0.2) is 0 Å². The van der Waals surface area contributed by atoms with E-state index in [0.29, 0.717) is 0 Å². The fourth-order valence-corrected chi connectivity index (χ4v) is 0.171. The summed E-state index contributed by atoms with van der Waals surface area (Å²) in [4.78, 5) is 9.83. The normalized spacial score (nSPS) is 13.3. The molecule has 5 heteroatoms. The Kier molecular flexibility index (Phi) is 4.43. The maximum Gasteiger partial charge on any atom is 0.310 e. The molecule has 0 aromatic rings. The summed E-state index contributed by atoms with van der Waals surface area (Å²) in [5.74, 6) is -0.380. The number of hydrogen-bond acceptors (Lipinski definition) is 4. The van der Waals surface area contributed by atoms with Gasteiger partial charge in [-0.15, -0.1) is 5.10 Å². The lowest BCUT2D eigenvalue weighted by atomic mass is 10.7. The van der Waals surface area contributed by atoms with Crippen molar-refractivity contribution >= 4 is 12.1 Å². The Morgan fingerprint density at radius 2 is 2.33 bits per heavy atom. The molecule has 0 unspecified atom stereocenters. The highest BCUT2D eigenvalue weighted by molar-refractivity contribution is 6.27. The van der Waals surface area contributed by atoms with E-state index in [9.17, 15) is 4.79 Å². The molecule has 0 aromatic heterocycles. The summed E-state index contributed by atoms with van der Waals surface area (Å²) in [7, 11) is 0. The average Bonchev–Trinajstić information content (AvgIpc) is 2.20. The molecule has 1 amide bonds. The van der Waals surface area contributed by atoms with E-state index >= 15 is 0 Å². The molecule has 1 N–H and O–H groups in total. The first-order valence-corrected chi connectivity index (χ1v) is 2.40. The van der Waals surface area contributed by atoms with Crippen LogP contribution >= 0.6 is 0 Å². The number of aliphatic hydroxyl groups is 1. The fraction of sp³-hybridized carbons (Fsp3) is 0.500. The van der Waals surface area contributed by atoms with Crippen LogP contribution in [0.1, 0.15) is 6.92 Å². The highest BCUT2D eigenvalue weighted by Gasteiger charge is 1.94. The Labute approximate surface area is 52.1 Å². The maximum absolute atomic E-state index is 9.83. The Bertz CT molecular complexity index is 127. The van der Waals surface area contributed by atoms with Crippen LogP contribution in [0.15, 0.2) is 15.4 Å². The lowest BCUT2D eigenvalue weighted by Crippen LogP contribution is -1.84. The first-order valence-electron chi connectivity index (χ1n) is 2.40. The predicted molar refractivity (Wildman–Crippen MR) is 31.1 cm³/mol. The van der Waals surface area contributed by atoms with E-state index in [1.807, 2.05) is 0 Å². The summed E-state index contributed by atoms with van der Waals surface area (Å²) in [6, 6.07) is 0. The van der Waals surface area contributed by atoms with Crippen molar-refractivity contribution < 1.29 is 9.90 Å². The summed E-state index contributed by atoms with van der Waals surface area (Å²) >= 11 is 0. The van der Waals surface area contributed by atoms with Gasteiger partial charge in [0.15, 0.2) is 0 Å². The van der Waals surface area contributed by atoms with E-state index in [-0.39, 0.29) is 12.5 Å². The lowest BCUT2D eigenvalue weighted by Gasteiger charge is -1.55. The summed E-state index contributed by atoms with van der Waals surface area (Å²) in [5.41, 5.74) is 0. The van der Waals surface area contributed by atoms with Gasteiger partial charge in [0.2, 0.25) is 0 Å². The van der Waals surface area contributed by atoms with Crippen LogP contribution in [0, 0.1) is 0 Å². The maximum atomic E-state index is 9.83. The smallest absolute Gasteiger partial charge is 0.310 e. The minimum atomic E-state index is -0.380. The highest BCUT2D eigenvalue weighted by Crippen LogP contribution is 1.83. The van der Waals surface area contributed by atoms with Gasteiger partial charge in [-0.2, -0.15) is 0 Å². The summed E-state index contributed by atoms with van der Waals surface area (Å²) in [5, 5.41) is 16.7. The molecule has 0 saturated carbocycles. The van der Waals surface area contributed by atoms with Crippen LogP contribution in [0.5, 0.6) is 0 Å². The van der Waals surface area contributed by atoms with E-state index in [2.05, 4.69) is 15.4 Å². The van der Waals surface area contributed by atoms with Gasteiger partial charge in [-0.05, 0) is 12.1 Å². The van der Waals surface area contributed by atoms with Crippen LogP contribution in [0.2, 0.25) is 0 Å². The Hall–Kier alpha value is -1.10. The topological polar surface area (TPSA) is 74.4 Å². The van der Waals surface area contributed by atoms with Gasteiger partial charge in [0.05, 0.1) is 0 Å². The monoisotopic (exact) mass is 129 g/mol. The van der Waals surface area contributed by atoms with Gasteiger partial charge < -0.3 is 5.11 Å². The molecule has 5 nitrogen and oxygen atoms in total. The van der Waals surface area contributed by atoms with Crippen LogP contribution < -0.4 is 0 Å². The number of nitrogens with zero attached hydrogens (tertiary/aromatic N) is 3. The van der Waals surface area contributed by atoms with Crippen LogP contribution in [-0.2, 0) is 4.79 Å². The first kappa shape index (κ1) is 7.90. The Balaban J connectivity index is 0.000000187. The molecule has 0 aliphatic carbocycles. The zero-order valence-corrected chi connectivity index (χ0v) is 4.98. The van der Waals surface area contributed by atoms with Crippen molar-refractivity contribution in [2.45, 2.75) is 6.92 Å². The van der Waals surface area contributed by atoms with Gasteiger partial charge >= 0.3 is 5.91 Å². The van der Waals surface area contributed by atoms with Crippen molar-refractivity contribution in [3.63, 3.8) is 0 Å². The Morgan fingerprint density at radius 3 is 2.44 bits per heavy atom. The minimum absolute atomic E-state index is 0.250. The quantitative estimate of drug-likeness (QED) is 0.498. The minimum Gasteiger partial charge on any atom is -0.397 e. The zero-order valence-electron chi connectivity index (χ0n) is 4.98. The van der Waals surface area contributed by atoms with Gasteiger partial charge in [0.1, 0.15) is 6.21 Å². The van der Waals surface area contributed by atoms with Crippen molar-refractivity contribution in [1.82, 2.24) is 0 Å². The molecule has 1 heterocycles. The van der Waals surface area contributed by atoms with Crippen molar-refractivity contribution in [2.75, 3.05) is 6.61 Å². The van der Waals surface area contributed by atoms with Crippen molar-refractivity contribution in [3.8, 4) is 0 Å². The number of rotatable bonds is 0. The van der Waals surface area contributed by atoms with Gasteiger partial charge in [0.25, 0.3) is 0 Å². The molecule has 50 valence electrons. The van der Waals surface area contributed by atoms with E-state index in [1.54, 1.807) is 6.92 Å². The average molecular weight is 129 g/mol. The molecule has 0 atom stereocenters. The van der Waals surface area contributed by atoms with Crippen molar-refractivity contribution in [3.05, 3.63) is 0 Å². The molecule has 1 aliphatic heterocycles. The second-order valence-electron chi connectivity index (χ2n) is 1.09. The number of carbonyl (C=O) groups is 1. The fourth-order valence-electron chi connectivity index (χ4n) is 0.171. The molecule has 0 saturated heterocycles. The second-order valence-corrected chi connectivity index (χ2v) is 1.09. The van der Waals surface area contributed by atoms with Crippen molar-refractivity contribution in [1.29, 1.82) is 0 Å². The van der Waals surface area contributed by atoms with E-state index in [0.717, 1.165) is 6.21 Å². The summed E-state index contributed by atoms with van der Waals surface area (Å²) in [6.45, 7) is 1.93. The molecule has 0 fully saturated rings. The van der Waals surface area contributed by atoms with Gasteiger partial charge in [0, 0.05) is 6.61 Å². The van der Waals surface area contributed by atoms with E-state index in [4.69, 9.17) is 5.11 Å². The van der Waals surface area contributed by atoms with Crippen molar-refractivity contribution in [2.24, 2.45) is 15.4 Å². The van der Waals surface area contributed by atoms with Crippen LogP contribution in [-0.4, -0.2) is 23.8 Å². The van der Waals surface area contributed by atoms with Crippen LogP contribution in [0.4, 0.5) is 0 Å². The largest absolute Gasteiger partial charge is 0.397 e. The number of aliphatic hydroxyl groups excluding tert-OH is 1. The number of carbonyl (C=O) groups excluding carboxylic acids is 1. The van der Waals surface area contributed by atoms with E-state index < -0.39 is 0 Å². The summed E-state index contributed by atoms with van der Waals surface area (Å²) in [6.07, 6.45) is 1.06. The molecule has 9 heavy (non-hydrogen) atoms. The molecule has 0 bridgehead atoms. The SMILES string of the molecule is CCO.O=C1C=NN=N1. The third-order valence-corrected chi connectivity index (χ3v) is 0.363. The summed E-state index contributed by atoms with van der Waals surface area (Å²) < 4.78 is 0. The molecule has 0 spiro atoms. The second kappa shape index (κ2) is 5.04. The molecule has 0 radical (unpaired) electrons. The zero-order chi connectivity index (χ0) is 7.11. The standard InChI is InChI=1S/C2HN3O.C2H6O/c6-2-1-3-5-4-2;1-2-3/h1H;3H,2H2,1H3. The first-order chi connectivity index (χ1) is 4.31. The van der Waals surface area contributed by atoms with Gasteiger partial charge in [-0.3, -0.25) is 4.79 Å². The number of hydrogen-bond donors (Lipinski definition) is 1. The predicted octanol–water partition coefficient (Wildman–Crippen LogP) is -0.0368. The van der Waals surface area contributed by atoms with E-state index in [1.165, 1.54) is 0 Å². The lowest BCUT2D eigenvalue weighted by molar-refractivity contribution is -0.111. The number of amides is 1. The molecular formula is C4H7N3O2. The van der Waals surface area contributed by atoms with Gasteiger partial charge in [-0.1, -0.05) is 5.11 Å². The van der Waals surface area contributed by atoms with Crippen LogP contribution in [0.25, 0.3) is 0 Å². The molecule has 0 aromatic carbocycles. The third kappa shape index (κ3) is 4.76.